The van der Waals surface area contributed by atoms with E-state index >= 15 is 0 Å². The highest BCUT2D eigenvalue weighted by Crippen LogP contribution is 2.25. The Bertz CT molecular complexity index is 789. The van der Waals surface area contributed by atoms with Crippen LogP contribution in [0.2, 0.25) is 0 Å². The lowest BCUT2D eigenvalue weighted by molar-refractivity contribution is 0.261. The van der Waals surface area contributed by atoms with Crippen molar-refractivity contribution < 1.29 is 12.8 Å². The number of sulfonamides is 1. The minimum atomic E-state index is -3.58. The van der Waals surface area contributed by atoms with Crippen molar-refractivity contribution in [2.75, 3.05) is 13.1 Å². The first kappa shape index (κ1) is 17.0. The predicted molar refractivity (Wildman–Crippen MR) is 87.3 cm³/mol. The SMILES string of the molecule is CCn1cnnc1CC1CCCN(S(=O)(=O)c2ccc(F)cc2)C1. The third-order valence-electron chi connectivity index (χ3n) is 4.44. The number of rotatable bonds is 5. The molecule has 6 nitrogen and oxygen atoms in total. The fourth-order valence-electron chi connectivity index (χ4n) is 3.13. The van der Waals surface area contributed by atoms with Gasteiger partial charge in [-0.2, -0.15) is 4.31 Å². The van der Waals surface area contributed by atoms with Gasteiger partial charge in [-0.15, -0.1) is 10.2 Å². The molecule has 1 aliphatic rings. The molecule has 2 heterocycles. The number of hydrogen-bond donors (Lipinski definition) is 0. The number of nitrogens with zero attached hydrogens (tertiary/aromatic N) is 4. The zero-order valence-corrected chi connectivity index (χ0v) is 14.4. The van der Waals surface area contributed by atoms with Crippen molar-refractivity contribution in [2.24, 2.45) is 5.92 Å². The summed E-state index contributed by atoms with van der Waals surface area (Å²) in [7, 11) is -3.58. The number of piperidine rings is 1. The lowest BCUT2D eigenvalue weighted by Crippen LogP contribution is -2.40. The molecule has 2 aromatic rings. The summed E-state index contributed by atoms with van der Waals surface area (Å²) in [6.45, 7) is 3.78. The van der Waals surface area contributed by atoms with E-state index in [0.717, 1.165) is 25.2 Å². The van der Waals surface area contributed by atoms with Gasteiger partial charge in [-0.1, -0.05) is 0 Å². The summed E-state index contributed by atoms with van der Waals surface area (Å²) >= 11 is 0. The number of benzene rings is 1. The highest BCUT2D eigenvalue weighted by atomic mass is 32.2. The van der Waals surface area contributed by atoms with Crippen LogP contribution >= 0.6 is 0 Å². The first-order valence-corrected chi connectivity index (χ1v) is 9.57. The van der Waals surface area contributed by atoms with E-state index in [1.54, 1.807) is 6.33 Å². The van der Waals surface area contributed by atoms with E-state index in [1.807, 2.05) is 11.5 Å². The molecule has 1 aromatic heterocycles. The zero-order chi connectivity index (χ0) is 17.2. The third-order valence-corrected chi connectivity index (χ3v) is 6.32. The van der Waals surface area contributed by atoms with E-state index in [4.69, 9.17) is 0 Å². The average molecular weight is 352 g/mol. The number of hydrogen-bond acceptors (Lipinski definition) is 4. The van der Waals surface area contributed by atoms with Gasteiger partial charge in [0.2, 0.25) is 10.0 Å². The van der Waals surface area contributed by atoms with Crippen LogP contribution in [-0.2, 0) is 23.0 Å². The van der Waals surface area contributed by atoms with Crippen LogP contribution in [0.15, 0.2) is 35.5 Å². The molecule has 0 bridgehead atoms. The van der Waals surface area contributed by atoms with Gasteiger partial charge in [-0.05, 0) is 49.9 Å². The van der Waals surface area contributed by atoms with Gasteiger partial charge in [0.15, 0.2) is 0 Å². The molecule has 0 aliphatic carbocycles. The van der Waals surface area contributed by atoms with Crippen molar-refractivity contribution in [3.8, 4) is 0 Å². The predicted octanol–water partition coefficient (Wildman–Crippen LogP) is 2.08. The molecule has 1 fully saturated rings. The lowest BCUT2D eigenvalue weighted by atomic mass is 9.96. The highest BCUT2D eigenvalue weighted by Gasteiger charge is 2.30. The van der Waals surface area contributed by atoms with E-state index in [9.17, 15) is 12.8 Å². The maximum Gasteiger partial charge on any atom is 0.243 e. The highest BCUT2D eigenvalue weighted by molar-refractivity contribution is 7.89. The van der Waals surface area contributed by atoms with Gasteiger partial charge in [0.1, 0.15) is 18.0 Å². The topological polar surface area (TPSA) is 68.1 Å². The van der Waals surface area contributed by atoms with Crippen LogP contribution < -0.4 is 0 Å². The molecule has 1 unspecified atom stereocenters. The van der Waals surface area contributed by atoms with E-state index in [2.05, 4.69) is 10.2 Å². The van der Waals surface area contributed by atoms with Crippen LogP contribution in [0.3, 0.4) is 0 Å². The Morgan fingerprint density at radius 2 is 2.04 bits per heavy atom. The molecule has 3 rings (SSSR count). The quantitative estimate of drug-likeness (QED) is 0.826. The molecule has 24 heavy (non-hydrogen) atoms. The second kappa shape index (κ2) is 6.98. The van der Waals surface area contributed by atoms with Gasteiger partial charge in [-0.3, -0.25) is 0 Å². The Labute approximate surface area is 141 Å². The molecule has 8 heteroatoms. The summed E-state index contributed by atoms with van der Waals surface area (Å²) in [5, 5.41) is 8.07. The summed E-state index contributed by atoms with van der Waals surface area (Å²) in [6.07, 6.45) is 4.19. The standard InChI is InChI=1S/C16H21FN4O2S/c1-2-20-12-18-19-16(20)10-13-4-3-9-21(11-13)24(22,23)15-7-5-14(17)6-8-15/h5-8,12-13H,2-4,9-11H2,1H3. The molecule has 0 saturated carbocycles. The van der Waals surface area contributed by atoms with Crippen LogP contribution in [0.1, 0.15) is 25.6 Å². The van der Waals surface area contributed by atoms with Crippen molar-refractivity contribution in [3.63, 3.8) is 0 Å². The molecule has 130 valence electrons. The monoisotopic (exact) mass is 352 g/mol. The number of halogens is 1. The Morgan fingerprint density at radius 3 is 2.75 bits per heavy atom. The number of aryl methyl sites for hydroxylation is 1. The molecule has 0 amide bonds. The average Bonchev–Trinajstić information content (AvgIpc) is 3.02. The third kappa shape index (κ3) is 3.49. The summed E-state index contributed by atoms with van der Waals surface area (Å²) in [5.41, 5.74) is 0. The molecular formula is C16H21FN4O2S. The Kier molecular flexibility index (Phi) is 4.96. The molecule has 1 aliphatic heterocycles. The van der Waals surface area contributed by atoms with Gasteiger partial charge in [0.05, 0.1) is 4.90 Å². The first-order valence-electron chi connectivity index (χ1n) is 8.13. The fraction of sp³-hybridized carbons (Fsp3) is 0.500. The second-order valence-electron chi connectivity index (χ2n) is 6.06. The van der Waals surface area contributed by atoms with Gasteiger partial charge < -0.3 is 4.57 Å². The van der Waals surface area contributed by atoms with Crippen molar-refractivity contribution in [3.05, 3.63) is 42.2 Å². The maximum absolute atomic E-state index is 13.0. The van der Waals surface area contributed by atoms with Crippen molar-refractivity contribution in [1.82, 2.24) is 19.1 Å². The van der Waals surface area contributed by atoms with Crippen molar-refractivity contribution in [2.45, 2.75) is 37.6 Å². The van der Waals surface area contributed by atoms with Crippen LogP contribution in [0.5, 0.6) is 0 Å². The molecule has 1 atom stereocenters. The van der Waals surface area contributed by atoms with E-state index in [0.29, 0.717) is 19.5 Å². The Hall–Kier alpha value is -1.80. The summed E-state index contributed by atoms with van der Waals surface area (Å²) in [5.74, 6) is 0.663. The minimum Gasteiger partial charge on any atom is -0.318 e. The minimum absolute atomic E-state index is 0.140. The van der Waals surface area contributed by atoms with Gasteiger partial charge >= 0.3 is 0 Å². The molecule has 1 saturated heterocycles. The fourth-order valence-corrected chi connectivity index (χ4v) is 4.68. The van der Waals surface area contributed by atoms with E-state index in [1.165, 1.54) is 28.6 Å². The Balaban J connectivity index is 1.74. The largest absolute Gasteiger partial charge is 0.318 e. The normalized spacial score (nSPS) is 19.5. The van der Waals surface area contributed by atoms with Gasteiger partial charge in [0, 0.05) is 26.1 Å². The van der Waals surface area contributed by atoms with E-state index < -0.39 is 15.8 Å². The summed E-state index contributed by atoms with van der Waals surface area (Å²) in [6, 6.07) is 5.00. The summed E-state index contributed by atoms with van der Waals surface area (Å²) < 4.78 is 42.0. The maximum atomic E-state index is 13.0. The molecular weight excluding hydrogens is 331 g/mol. The molecule has 0 radical (unpaired) electrons. The zero-order valence-electron chi connectivity index (χ0n) is 13.6. The molecule has 0 N–H and O–H groups in total. The smallest absolute Gasteiger partial charge is 0.243 e. The lowest BCUT2D eigenvalue weighted by Gasteiger charge is -2.31. The van der Waals surface area contributed by atoms with Gasteiger partial charge in [-0.25, -0.2) is 12.8 Å². The first-order chi connectivity index (χ1) is 11.5. The van der Waals surface area contributed by atoms with Crippen LogP contribution in [0.25, 0.3) is 0 Å². The second-order valence-corrected chi connectivity index (χ2v) is 8.00. The van der Waals surface area contributed by atoms with Crippen LogP contribution in [-0.4, -0.2) is 40.6 Å². The van der Waals surface area contributed by atoms with Crippen LogP contribution in [0, 0.1) is 11.7 Å². The van der Waals surface area contributed by atoms with Crippen molar-refractivity contribution in [1.29, 1.82) is 0 Å². The molecule has 1 aromatic carbocycles. The Morgan fingerprint density at radius 1 is 1.29 bits per heavy atom. The molecule has 0 spiro atoms. The van der Waals surface area contributed by atoms with Crippen molar-refractivity contribution >= 4 is 10.0 Å². The van der Waals surface area contributed by atoms with E-state index in [-0.39, 0.29) is 10.8 Å². The van der Waals surface area contributed by atoms with Gasteiger partial charge in [0.25, 0.3) is 0 Å². The number of aromatic nitrogens is 3. The summed E-state index contributed by atoms with van der Waals surface area (Å²) in [4.78, 5) is 0.140. The van der Waals surface area contributed by atoms with Crippen LogP contribution in [0.4, 0.5) is 4.39 Å².